The molecule has 1 atom stereocenters. The predicted octanol–water partition coefficient (Wildman–Crippen LogP) is 1.09. The quantitative estimate of drug-likeness (QED) is 0.805. The van der Waals surface area contributed by atoms with Crippen LogP contribution in [-0.4, -0.2) is 29.2 Å². The maximum absolute atomic E-state index is 11.5. The Labute approximate surface area is 93.0 Å². The van der Waals surface area contributed by atoms with Crippen LogP contribution in [0.2, 0.25) is 0 Å². The van der Waals surface area contributed by atoms with Crippen molar-refractivity contribution < 1.29 is 4.79 Å². The number of para-hydroxylation sites is 1. The van der Waals surface area contributed by atoms with Gasteiger partial charge in [0.15, 0.2) is 0 Å². The molecule has 1 heterocycles. The SMILES string of the molecule is CSC1NCC(=O)N1Nc1ccccc1. The van der Waals surface area contributed by atoms with E-state index in [0.29, 0.717) is 6.54 Å². The highest BCUT2D eigenvalue weighted by Gasteiger charge is 2.29. The number of hydrogen-bond donors (Lipinski definition) is 2. The third-order valence-electron chi connectivity index (χ3n) is 2.18. The van der Waals surface area contributed by atoms with E-state index >= 15 is 0 Å². The fourth-order valence-corrected chi connectivity index (χ4v) is 2.07. The molecule has 15 heavy (non-hydrogen) atoms. The summed E-state index contributed by atoms with van der Waals surface area (Å²) < 4.78 is 0. The number of nitrogens with one attached hydrogen (secondary N) is 2. The van der Waals surface area contributed by atoms with E-state index in [2.05, 4.69) is 10.7 Å². The number of carbonyl (C=O) groups excluding carboxylic acids is 1. The molecular formula is C10H13N3OS. The highest BCUT2D eigenvalue weighted by molar-refractivity contribution is 7.99. The van der Waals surface area contributed by atoms with Crippen molar-refractivity contribution in [2.45, 2.75) is 5.50 Å². The normalized spacial score (nSPS) is 20.7. The smallest absolute Gasteiger partial charge is 0.257 e. The van der Waals surface area contributed by atoms with Crippen LogP contribution in [-0.2, 0) is 4.79 Å². The molecule has 1 unspecified atom stereocenters. The molecule has 4 nitrogen and oxygen atoms in total. The van der Waals surface area contributed by atoms with Gasteiger partial charge in [-0.2, -0.15) is 0 Å². The lowest BCUT2D eigenvalue weighted by Gasteiger charge is -2.23. The van der Waals surface area contributed by atoms with E-state index in [0.717, 1.165) is 5.69 Å². The van der Waals surface area contributed by atoms with E-state index in [-0.39, 0.29) is 11.4 Å². The van der Waals surface area contributed by atoms with Crippen molar-refractivity contribution in [1.29, 1.82) is 0 Å². The van der Waals surface area contributed by atoms with Gasteiger partial charge in [0.05, 0.1) is 12.2 Å². The number of benzene rings is 1. The molecule has 0 bridgehead atoms. The lowest BCUT2D eigenvalue weighted by Crippen LogP contribution is -2.39. The lowest BCUT2D eigenvalue weighted by atomic mass is 10.3. The number of hydrogen-bond acceptors (Lipinski definition) is 4. The molecule has 1 fully saturated rings. The zero-order valence-electron chi connectivity index (χ0n) is 8.43. The maximum Gasteiger partial charge on any atom is 0.257 e. The van der Waals surface area contributed by atoms with Crippen LogP contribution in [0.5, 0.6) is 0 Å². The van der Waals surface area contributed by atoms with Crippen LogP contribution < -0.4 is 10.7 Å². The van der Waals surface area contributed by atoms with Gasteiger partial charge in [-0.05, 0) is 18.4 Å². The molecule has 0 radical (unpaired) electrons. The van der Waals surface area contributed by atoms with E-state index in [1.807, 2.05) is 36.6 Å². The van der Waals surface area contributed by atoms with Gasteiger partial charge < -0.3 is 0 Å². The number of thioether (sulfide) groups is 1. The molecule has 1 saturated heterocycles. The van der Waals surface area contributed by atoms with Gasteiger partial charge in [-0.25, -0.2) is 5.01 Å². The number of anilines is 1. The standard InChI is InChI=1S/C10H13N3OS/c1-15-10-11-7-9(14)13(10)12-8-5-3-2-4-6-8/h2-6,10-12H,7H2,1H3. The molecule has 1 amide bonds. The second kappa shape index (κ2) is 4.55. The first-order valence-corrected chi connectivity index (χ1v) is 6.00. The number of rotatable bonds is 3. The molecule has 0 saturated carbocycles. The van der Waals surface area contributed by atoms with Crippen LogP contribution in [0.3, 0.4) is 0 Å². The Balaban J connectivity index is 2.07. The van der Waals surface area contributed by atoms with Crippen LogP contribution >= 0.6 is 11.8 Å². The van der Waals surface area contributed by atoms with Gasteiger partial charge in [0.2, 0.25) is 0 Å². The zero-order valence-corrected chi connectivity index (χ0v) is 9.25. The monoisotopic (exact) mass is 223 g/mol. The second-order valence-electron chi connectivity index (χ2n) is 3.21. The second-order valence-corrected chi connectivity index (χ2v) is 4.13. The van der Waals surface area contributed by atoms with Crippen LogP contribution in [0.25, 0.3) is 0 Å². The fraction of sp³-hybridized carbons (Fsp3) is 0.300. The van der Waals surface area contributed by atoms with Crippen molar-refractivity contribution in [3.05, 3.63) is 30.3 Å². The summed E-state index contributed by atoms with van der Waals surface area (Å²) in [6.45, 7) is 0.394. The van der Waals surface area contributed by atoms with E-state index in [1.54, 1.807) is 16.8 Å². The van der Waals surface area contributed by atoms with Crippen LogP contribution in [0.4, 0.5) is 5.69 Å². The molecule has 2 N–H and O–H groups in total. The van der Waals surface area contributed by atoms with E-state index in [9.17, 15) is 4.79 Å². The van der Waals surface area contributed by atoms with Gasteiger partial charge in [0, 0.05) is 0 Å². The lowest BCUT2D eigenvalue weighted by molar-refractivity contribution is -0.125. The van der Waals surface area contributed by atoms with Gasteiger partial charge in [-0.1, -0.05) is 18.2 Å². The molecule has 1 aliphatic heterocycles. The highest BCUT2D eigenvalue weighted by Crippen LogP contribution is 2.17. The first kappa shape index (κ1) is 10.3. The van der Waals surface area contributed by atoms with Crippen molar-refractivity contribution in [1.82, 2.24) is 10.3 Å². The van der Waals surface area contributed by atoms with Crippen molar-refractivity contribution in [3.8, 4) is 0 Å². The first-order chi connectivity index (χ1) is 7.31. The molecule has 80 valence electrons. The number of hydrazine groups is 1. The van der Waals surface area contributed by atoms with Crippen LogP contribution in [0, 0.1) is 0 Å². The molecule has 1 aromatic rings. The Hall–Kier alpha value is -1.20. The third-order valence-corrected chi connectivity index (χ3v) is 3.00. The topological polar surface area (TPSA) is 44.4 Å². The number of amides is 1. The molecule has 1 aromatic carbocycles. The van der Waals surface area contributed by atoms with Crippen molar-refractivity contribution in [2.24, 2.45) is 0 Å². The minimum atomic E-state index is 0.0118. The van der Waals surface area contributed by atoms with Gasteiger partial charge in [-0.15, -0.1) is 11.8 Å². The van der Waals surface area contributed by atoms with Crippen molar-refractivity contribution in [3.63, 3.8) is 0 Å². The average Bonchev–Trinajstić information content (AvgIpc) is 2.62. The van der Waals surface area contributed by atoms with Crippen LogP contribution in [0.1, 0.15) is 0 Å². The van der Waals surface area contributed by atoms with E-state index in [1.165, 1.54) is 0 Å². The Morgan fingerprint density at radius 1 is 1.47 bits per heavy atom. The summed E-state index contributed by atoms with van der Waals surface area (Å²) >= 11 is 1.59. The van der Waals surface area contributed by atoms with Gasteiger partial charge in [0.25, 0.3) is 5.91 Å². The van der Waals surface area contributed by atoms with E-state index in [4.69, 9.17) is 0 Å². The van der Waals surface area contributed by atoms with Crippen LogP contribution in [0.15, 0.2) is 30.3 Å². The predicted molar refractivity (Wildman–Crippen MR) is 62.2 cm³/mol. The van der Waals surface area contributed by atoms with Gasteiger partial charge in [-0.3, -0.25) is 15.5 Å². The molecule has 0 spiro atoms. The summed E-state index contributed by atoms with van der Waals surface area (Å²) in [5.41, 5.74) is 4.03. The van der Waals surface area contributed by atoms with Crippen molar-refractivity contribution in [2.75, 3.05) is 18.2 Å². The summed E-state index contributed by atoms with van der Waals surface area (Å²) in [4.78, 5) is 11.5. The Bertz CT molecular complexity index is 344. The Morgan fingerprint density at radius 2 is 2.20 bits per heavy atom. The molecule has 5 heteroatoms. The molecule has 2 rings (SSSR count). The summed E-state index contributed by atoms with van der Waals surface area (Å²) in [5, 5.41) is 4.73. The van der Waals surface area contributed by atoms with Gasteiger partial charge >= 0.3 is 0 Å². The van der Waals surface area contributed by atoms with E-state index < -0.39 is 0 Å². The maximum atomic E-state index is 11.5. The highest BCUT2D eigenvalue weighted by atomic mass is 32.2. The first-order valence-electron chi connectivity index (χ1n) is 4.71. The summed E-state index contributed by atoms with van der Waals surface area (Å²) in [7, 11) is 0. The molecule has 0 aliphatic carbocycles. The Kier molecular flexibility index (Phi) is 3.13. The zero-order chi connectivity index (χ0) is 10.7. The summed E-state index contributed by atoms with van der Waals surface area (Å²) in [6, 6.07) is 9.68. The van der Waals surface area contributed by atoms with Gasteiger partial charge in [0.1, 0.15) is 5.50 Å². The molecule has 0 aromatic heterocycles. The number of carbonyl (C=O) groups is 1. The average molecular weight is 223 g/mol. The summed E-state index contributed by atoms with van der Waals surface area (Å²) in [6.07, 6.45) is 1.97. The molecular weight excluding hydrogens is 210 g/mol. The molecule has 1 aliphatic rings. The minimum absolute atomic E-state index is 0.0118. The summed E-state index contributed by atoms with van der Waals surface area (Å²) in [5.74, 6) is 0.0678. The number of nitrogens with zero attached hydrogens (tertiary/aromatic N) is 1. The minimum Gasteiger partial charge on any atom is -0.294 e. The Morgan fingerprint density at radius 3 is 2.87 bits per heavy atom. The van der Waals surface area contributed by atoms with Crippen molar-refractivity contribution >= 4 is 23.4 Å². The fourth-order valence-electron chi connectivity index (χ4n) is 1.44. The third kappa shape index (κ3) is 2.24. The largest absolute Gasteiger partial charge is 0.294 e.